The van der Waals surface area contributed by atoms with Crippen molar-refractivity contribution in [1.29, 1.82) is 0 Å². The molecule has 0 aromatic rings. The number of allylic oxidation sites excluding steroid dienone is 7. The van der Waals surface area contributed by atoms with Gasteiger partial charge >= 0.3 is 0 Å². The van der Waals surface area contributed by atoms with Gasteiger partial charge in [0.25, 0.3) is 0 Å². The van der Waals surface area contributed by atoms with Crippen LogP contribution in [0.25, 0.3) is 0 Å². The molecule has 0 spiro atoms. The maximum absolute atomic E-state index is 3.80. The Morgan fingerprint density at radius 2 is 1.61 bits per heavy atom. The topological polar surface area (TPSA) is 0 Å². The summed E-state index contributed by atoms with van der Waals surface area (Å²) in [6.07, 6.45) is 18.6. The van der Waals surface area contributed by atoms with Crippen LogP contribution in [0, 0.1) is 5.92 Å². The first-order chi connectivity index (χ1) is 8.81. The van der Waals surface area contributed by atoms with E-state index >= 15 is 0 Å². The van der Waals surface area contributed by atoms with Gasteiger partial charge in [-0.3, -0.25) is 0 Å². The first-order valence-electron chi connectivity index (χ1n) is 6.74. The minimum absolute atomic E-state index is 1.01. The van der Waals surface area contributed by atoms with Crippen molar-refractivity contribution in [3.8, 4) is 0 Å². The lowest BCUT2D eigenvalue weighted by atomic mass is 9.99. The third-order valence-corrected chi connectivity index (χ3v) is 3.48. The highest BCUT2D eigenvalue weighted by Gasteiger charge is 2.28. The van der Waals surface area contributed by atoms with E-state index in [1.54, 1.807) is 11.1 Å². The highest BCUT2D eigenvalue weighted by molar-refractivity contribution is 5.32. The molecule has 18 heavy (non-hydrogen) atoms. The molecule has 1 unspecified atom stereocenters. The second-order valence-corrected chi connectivity index (χ2v) is 4.81. The predicted molar refractivity (Wildman–Crippen MR) is 81.5 cm³/mol. The van der Waals surface area contributed by atoms with Crippen LogP contribution in [0.15, 0.2) is 67.0 Å². The molecule has 3 aliphatic rings. The summed E-state index contributed by atoms with van der Waals surface area (Å²) in [5.74, 6) is 1.01. The first kappa shape index (κ1) is 14.5. The number of rotatable bonds is 1. The molecule has 1 atom stereocenters. The molecule has 1 saturated carbocycles. The van der Waals surface area contributed by atoms with E-state index in [0.717, 1.165) is 18.8 Å². The maximum atomic E-state index is 3.80. The summed E-state index contributed by atoms with van der Waals surface area (Å²) >= 11 is 0. The van der Waals surface area contributed by atoms with Crippen LogP contribution in [-0.2, 0) is 0 Å². The lowest BCUT2D eigenvalue weighted by molar-refractivity contribution is 0.568. The molecular formula is C18H24. The molecule has 0 aromatic carbocycles. The third-order valence-electron chi connectivity index (χ3n) is 3.48. The number of fused-ring (bicyclic) bond motifs is 2. The Bertz CT molecular complexity index is 364. The van der Waals surface area contributed by atoms with Gasteiger partial charge < -0.3 is 0 Å². The van der Waals surface area contributed by atoms with Crippen molar-refractivity contribution >= 4 is 0 Å². The number of hydrogen-bond donors (Lipinski definition) is 0. The van der Waals surface area contributed by atoms with E-state index in [-0.39, 0.29) is 0 Å². The smallest absolute Gasteiger partial charge is 0.0169 e. The van der Waals surface area contributed by atoms with Crippen LogP contribution in [0.2, 0.25) is 0 Å². The van der Waals surface area contributed by atoms with Crippen molar-refractivity contribution < 1.29 is 0 Å². The molecule has 96 valence electrons. The highest BCUT2D eigenvalue weighted by Crippen LogP contribution is 2.44. The van der Waals surface area contributed by atoms with E-state index in [9.17, 15) is 0 Å². The van der Waals surface area contributed by atoms with Gasteiger partial charge in [0, 0.05) is 0 Å². The second kappa shape index (κ2) is 8.55. The largest absolute Gasteiger partial charge is 0.137 e. The molecule has 0 saturated heterocycles. The normalized spacial score (nSPS) is 22.6. The quantitative estimate of drug-likeness (QED) is 0.418. The van der Waals surface area contributed by atoms with Crippen LogP contribution in [0.1, 0.15) is 38.5 Å². The summed E-state index contributed by atoms with van der Waals surface area (Å²) in [6.45, 7) is 10.1. The van der Waals surface area contributed by atoms with Gasteiger partial charge in [-0.1, -0.05) is 55.7 Å². The lowest BCUT2D eigenvalue weighted by Crippen LogP contribution is -1.91. The van der Waals surface area contributed by atoms with Crippen LogP contribution < -0.4 is 0 Å². The lowest BCUT2D eigenvalue weighted by Gasteiger charge is -2.06. The summed E-state index contributed by atoms with van der Waals surface area (Å²) in [5.41, 5.74) is 5.52. The maximum Gasteiger partial charge on any atom is -0.0169 e. The minimum Gasteiger partial charge on any atom is -0.137 e. The molecule has 0 aliphatic heterocycles. The Morgan fingerprint density at radius 1 is 1.06 bits per heavy atom. The van der Waals surface area contributed by atoms with Crippen molar-refractivity contribution in [3.63, 3.8) is 0 Å². The molecule has 0 nitrogen and oxygen atoms in total. The third kappa shape index (κ3) is 4.77. The predicted octanol–water partition coefficient (Wildman–Crippen LogP) is 5.52. The Balaban J connectivity index is 0.000000157. The van der Waals surface area contributed by atoms with Crippen molar-refractivity contribution in [2.45, 2.75) is 38.5 Å². The van der Waals surface area contributed by atoms with E-state index in [2.05, 4.69) is 55.8 Å². The van der Waals surface area contributed by atoms with Gasteiger partial charge in [0.15, 0.2) is 0 Å². The van der Waals surface area contributed by atoms with Gasteiger partial charge in [-0.2, -0.15) is 0 Å². The van der Waals surface area contributed by atoms with Crippen LogP contribution in [0.4, 0.5) is 0 Å². The fraction of sp³-hybridized carbons (Fsp3) is 0.389. The summed E-state index contributed by atoms with van der Waals surface area (Å²) in [6, 6.07) is 0. The van der Waals surface area contributed by atoms with Crippen LogP contribution in [0.3, 0.4) is 0 Å². The van der Waals surface area contributed by atoms with Gasteiger partial charge in [0.2, 0.25) is 0 Å². The van der Waals surface area contributed by atoms with Crippen molar-refractivity contribution in [2.24, 2.45) is 5.92 Å². The Morgan fingerprint density at radius 3 is 1.83 bits per heavy atom. The fourth-order valence-electron chi connectivity index (χ4n) is 2.62. The summed E-state index contributed by atoms with van der Waals surface area (Å²) in [5, 5.41) is 0. The van der Waals surface area contributed by atoms with E-state index < -0.39 is 0 Å². The first-order valence-corrected chi connectivity index (χ1v) is 6.74. The van der Waals surface area contributed by atoms with E-state index in [4.69, 9.17) is 0 Å². The van der Waals surface area contributed by atoms with Crippen LogP contribution in [0.5, 0.6) is 0 Å². The zero-order valence-corrected chi connectivity index (χ0v) is 11.3. The molecule has 0 aromatic heterocycles. The minimum atomic E-state index is 1.01. The number of hydrogen-bond acceptors (Lipinski definition) is 0. The van der Waals surface area contributed by atoms with Gasteiger partial charge in [-0.25, -0.2) is 0 Å². The van der Waals surface area contributed by atoms with Crippen molar-refractivity contribution in [2.75, 3.05) is 0 Å². The van der Waals surface area contributed by atoms with Gasteiger partial charge in [-0.05, 0) is 50.0 Å². The van der Waals surface area contributed by atoms with Gasteiger partial charge in [-0.15, -0.1) is 5.73 Å². The monoisotopic (exact) mass is 240 g/mol. The average Bonchev–Trinajstić information content (AvgIpc) is 3.04. The summed E-state index contributed by atoms with van der Waals surface area (Å²) in [4.78, 5) is 0. The molecule has 0 radical (unpaired) electrons. The van der Waals surface area contributed by atoms with E-state index in [1.807, 2.05) is 0 Å². The summed E-state index contributed by atoms with van der Waals surface area (Å²) in [7, 11) is 0. The van der Waals surface area contributed by atoms with Crippen molar-refractivity contribution in [3.05, 3.63) is 67.0 Å². The molecule has 0 amide bonds. The molecule has 2 bridgehead atoms. The zero-order valence-electron chi connectivity index (χ0n) is 11.3. The molecule has 0 heterocycles. The Hall–Kier alpha value is -1.52. The van der Waals surface area contributed by atoms with Crippen LogP contribution in [-0.4, -0.2) is 0 Å². The average molecular weight is 240 g/mol. The second-order valence-electron chi connectivity index (χ2n) is 4.81. The highest BCUT2D eigenvalue weighted by atomic mass is 14.3. The molecular weight excluding hydrogens is 216 g/mol. The van der Waals surface area contributed by atoms with Gasteiger partial charge in [0.1, 0.15) is 0 Å². The Kier molecular flexibility index (Phi) is 6.91. The fourth-order valence-corrected chi connectivity index (χ4v) is 2.62. The van der Waals surface area contributed by atoms with E-state index in [1.165, 1.54) is 25.7 Å². The summed E-state index contributed by atoms with van der Waals surface area (Å²) < 4.78 is 0. The molecule has 0 N–H and O–H groups in total. The standard InChI is InChI=1S/C9H12.C6H8.C3H4/c1-2-8-5-7-3-4-9(8)6-7;1-2-4-6-5-3-1;1-3-2/h2,7H,1,3-6H2;1-2,5-6H,3-4H2;1-2H2. The van der Waals surface area contributed by atoms with Gasteiger partial charge in [0.05, 0.1) is 0 Å². The molecule has 1 fully saturated rings. The molecule has 3 rings (SSSR count). The zero-order chi connectivity index (χ0) is 13.2. The molecule has 0 heteroatoms. The SMILES string of the molecule is C1=CCC=CC1.C=C=C.C=CC1=C2CCC(C1)C2. The van der Waals surface area contributed by atoms with Crippen LogP contribution >= 0.6 is 0 Å². The van der Waals surface area contributed by atoms with Crippen molar-refractivity contribution in [1.82, 2.24) is 0 Å². The van der Waals surface area contributed by atoms with E-state index in [0.29, 0.717) is 0 Å². The molecule has 3 aliphatic carbocycles. The Labute approximate surface area is 112 Å².